The molecule has 0 bridgehead atoms. The molecule has 1 atom stereocenters. The van der Waals surface area contributed by atoms with Crippen molar-refractivity contribution in [2.45, 2.75) is 80.0 Å². The highest BCUT2D eigenvalue weighted by Crippen LogP contribution is 2.27. The van der Waals surface area contributed by atoms with Crippen LogP contribution in [0.4, 0.5) is 9.59 Å². The molecule has 0 saturated carbocycles. The van der Waals surface area contributed by atoms with E-state index in [1.165, 1.54) is 13.8 Å². The number of ether oxygens (including phenoxy) is 6. The lowest BCUT2D eigenvalue weighted by Crippen LogP contribution is -2.50. The van der Waals surface area contributed by atoms with Crippen molar-refractivity contribution in [2.24, 2.45) is 16.7 Å². The zero-order valence-electron chi connectivity index (χ0n) is 25.6. The van der Waals surface area contributed by atoms with Crippen molar-refractivity contribution >= 4 is 63.9 Å². The topological polar surface area (TPSA) is 187 Å². The smallest absolute Gasteiger partial charge is 0.371 e. The van der Waals surface area contributed by atoms with Gasteiger partial charge in [-0.15, -0.1) is 0 Å². The SMILES string of the molecule is CC(C)C(=O)OCOC(=O)[C@H](CSC(=O)OCOC(=O)C(C)(C)C)NC(=O)C(C)(C)SC(=O)OCOC(=O)C(C)(C)C. The van der Waals surface area contributed by atoms with Crippen molar-refractivity contribution in [1.82, 2.24) is 5.32 Å². The van der Waals surface area contributed by atoms with Crippen molar-refractivity contribution in [3.8, 4) is 0 Å². The van der Waals surface area contributed by atoms with Gasteiger partial charge in [-0.1, -0.05) is 13.8 Å². The second-order valence-electron chi connectivity index (χ2n) is 11.5. The van der Waals surface area contributed by atoms with E-state index in [4.69, 9.17) is 28.4 Å². The molecule has 42 heavy (non-hydrogen) atoms. The standard InChI is InChI=1S/C26H41NO13S2/c1-15(2)17(28)35-12-36-18(29)16(11-41-22(33)39-13-37-20(31)24(3,4)5)27-19(30)26(9,10)42-23(34)40-14-38-21(32)25(6,7)8/h15-16H,11-14H2,1-10H3,(H,27,30)/t16-/m0/s1. The van der Waals surface area contributed by atoms with Crippen LogP contribution < -0.4 is 5.32 Å². The summed E-state index contributed by atoms with van der Waals surface area (Å²) in [5.41, 5.74) is -1.62. The Morgan fingerprint density at radius 3 is 1.50 bits per heavy atom. The highest BCUT2D eigenvalue weighted by molar-refractivity contribution is 8.15. The minimum Gasteiger partial charge on any atom is -0.428 e. The van der Waals surface area contributed by atoms with Gasteiger partial charge >= 0.3 is 34.5 Å². The van der Waals surface area contributed by atoms with Crippen molar-refractivity contribution in [1.29, 1.82) is 0 Å². The van der Waals surface area contributed by atoms with Crippen LogP contribution in [0.2, 0.25) is 0 Å². The third-order valence-corrected chi connectivity index (χ3v) is 6.51. The number of hydrogen-bond donors (Lipinski definition) is 1. The number of amides is 1. The van der Waals surface area contributed by atoms with Crippen LogP contribution in [0, 0.1) is 16.7 Å². The van der Waals surface area contributed by atoms with Crippen LogP contribution in [-0.4, -0.2) is 77.3 Å². The number of carbonyl (C=O) groups excluding carboxylic acids is 7. The monoisotopic (exact) mass is 639 g/mol. The quantitative estimate of drug-likeness (QED) is 0.174. The summed E-state index contributed by atoms with van der Waals surface area (Å²) in [4.78, 5) is 85.2. The molecule has 0 rings (SSSR count). The first-order valence-electron chi connectivity index (χ1n) is 12.7. The van der Waals surface area contributed by atoms with Crippen LogP contribution in [0.5, 0.6) is 0 Å². The highest BCUT2D eigenvalue weighted by atomic mass is 32.2. The molecule has 0 aliphatic heterocycles. The zero-order chi connectivity index (χ0) is 32.9. The van der Waals surface area contributed by atoms with Crippen molar-refractivity contribution in [3.63, 3.8) is 0 Å². The molecular weight excluding hydrogens is 598 g/mol. The van der Waals surface area contributed by atoms with Crippen molar-refractivity contribution in [3.05, 3.63) is 0 Å². The van der Waals surface area contributed by atoms with E-state index in [9.17, 15) is 33.6 Å². The van der Waals surface area contributed by atoms with E-state index in [-0.39, 0.29) is 5.75 Å². The minimum atomic E-state index is -1.50. The number of rotatable bonds is 13. The average Bonchev–Trinajstić information content (AvgIpc) is 2.84. The minimum absolute atomic E-state index is 0.386. The molecule has 0 spiro atoms. The van der Waals surface area contributed by atoms with E-state index in [1.807, 2.05) is 0 Å². The molecule has 0 unspecified atom stereocenters. The molecule has 0 aliphatic rings. The van der Waals surface area contributed by atoms with E-state index in [0.717, 1.165) is 0 Å². The Hall–Kier alpha value is -3.01. The van der Waals surface area contributed by atoms with Crippen molar-refractivity contribution in [2.75, 3.05) is 26.1 Å². The van der Waals surface area contributed by atoms with Gasteiger partial charge in [0.25, 0.3) is 0 Å². The van der Waals surface area contributed by atoms with Gasteiger partial charge in [-0.25, -0.2) is 14.4 Å². The van der Waals surface area contributed by atoms with Gasteiger partial charge in [-0.05, 0) is 78.9 Å². The van der Waals surface area contributed by atoms with Crippen LogP contribution in [-0.2, 0) is 52.4 Å². The fraction of sp³-hybridized carbons (Fsp3) is 0.731. The lowest BCUT2D eigenvalue weighted by atomic mass is 9.97. The van der Waals surface area contributed by atoms with Crippen LogP contribution in [0.1, 0.15) is 69.2 Å². The summed E-state index contributed by atoms with van der Waals surface area (Å²) in [7, 11) is 0. The predicted octanol–water partition coefficient (Wildman–Crippen LogP) is 3.78. The number of carbonyl (C=O) groups is 7. The maximum atomic E-state index is 13.0. The van der Waals surface area contributed by atoms with Gasteiger partial charge < -0.3 is 33.7 Å². The van der Waals surface area contributed by atoms with E-state index >= 15 is 0 Å². The van der Waals surface area contributed by atoms with Crippen LogP contribution in [0.25, 0.3) is 0 Å². The van der Waals surface area contributed by atoms with Gasteiger partial charge in [0.05, 0.1) is 21.5 Å². The first-order valence-corrected chi connectivity index (χ1v) is 14.5. The molecule has 0 fully saturated rings. The van der Waals surface area contributed by atoms with Gasteiger partial charge in [-0.3, -0.25) is 19.2 Å². The second-order valence-corrected chi connectivity index (χ2v) is 14.1. The largest absolute Gasteiger partial charge is 0.428 e. The maximum Gasteiger partial charge on any atom is 0.371 e. The number of esters is 4. The summed E-state index contributed by atoms with van der Waals surface area (Å²) in [6, 6.07) is -1.45. The summed E-state index contributed by atoms with van der Waals surface area (Å²) in [5, 5.41) is 0.535. The molecule has 0 saturated heterocycles. The van der Waals surface area contributed by atoms with Crippen molar-refractivity contribution < 1.29 is 62.0 Å². The summed E-state index contributed by atoms with van der Waals surface area (Å²) in [6.45, 7) is 13.5. The fourth-order valence-electron chi connectivity index (χ4n) is 2.09. The van der Waals surface area contributed by atoms with Gasteiger partial charge in [0.2, 0.25) is 26.3 Å². The zero-order valence-corrected chi connectivity index (χ0v) is 27.2. The van der Waals surface area contributed by atoms with Gasteiger partial charge in [-0.2, -0.15) is 0 Å². The number of hydrogen-bond acceptors (Lipinski definition) is 15. The Kier molecular flexibility index (Phi) is 16.0. The first-order chi connectivity index (χ1) is 19.1. The summed E-state index contributed by atoms with van der Waals surface area (Å²) in [5.74, 6) is -4.55. The van der Waals surface area contributed by atoms with Gasteiger partial charge in [0.15, 0.2) is 0 Å². The molecule has 14 nitrogen and oxygen atoms in total. The van der Waals surface area contributed by atoms with Crippen LogP contribution in [0.15, 0.2) is 0 Å². The fourth-order valence-corrected chi connectivity index (χ4v) is 3.41. The average molecular weight is 640 g/mol. The van der Waals surface area contributed by atoms with Crippen LogP contribution in [0.3, 0.4) is 0 Å². The normalized spacial score (nSPS) is 12.5. The lowest BCUT2D eigenvalue weighted by Gasteiger charge is -2.25. The molecule has 1 amide bonds. The highest BCUT2D eigenvalue weighted by Gasteiger charge is 2.36. The third kappa shape index (κ3) is 15.8. The van der Waals surface area contributed by atoms with Gasteiger partial charge in [0, 0.05) is 5.75 Å². The number of thioether (sulfide) groups is 2. The molecule has 0 aromatic rings. The second kappa shape index (κ2) is 17.2. The maximum absolute atomic E-state index is 13.0. The Balaban J connectivity index is 5.23. The molecule has 16 heteroatoms. The molecule has 0 aromatic heterocycles. The van der Waals surface area contributed by atoms with Gasteiger partial charge in [0.1, 0.15) is 6.04 Å². The Labute approximate surface area is 253 Å². The van der Waals surface area contributed by atoms with E-state index < -0.39 is 88.3 Å². The molecule has 0 radical (unpaired) electrons. The molecule has 0 heterocycles. The predicted molar refractivity (Wildman–Crippen MR) is 152 cm³/mol. The summed E-state index contributed by atoms with van der Waals surface area (Å²) < 4.78 is 27.6. The summed E-state index contributed by atoms with van der Waals surface area (Å²) >= 11 is 0.931. The van der Waals surface area contributed by atoms with E-state index in [1.54, 1.807) is 55.4 Å². The number of nitrogens with one attached hydrogen (secondary N) is 1. The third-order valence-electron chi connectivity index (χ3n) is 4.68. The Bertz CT molecular complexity index is 997. The molecular formula is C26H41NO13S2. The molecule has 240 valence electrons. The Morgan fingerprint density at radius 1 is 0.619 bits per heavy atom. The van der Waals surface area contributed by atoms with E-state index in [0.29, 0.717) is 23.5 Å². The lowest BCUT2D eigenvalue weighted by molar-refractivity contribution is -0.171. The summed E-state index contributed by atoms with van der Waals surface area (Å²) in [6.07, 6.45) is 0. The molecule has 1 N–H and O–H groups in total. The molecule has 0 aliphatic carbocycles. The van der Waals surface area contributed by atoms with Crippen LogP contribution >= 0.6 is 23.5 Å². The van der Waals surface area contributed by atoms with E-state index in [2.05, 4.69) is 5.32 Å². The molecule has 0 aromatic carbocycles. The first kappa shape index (κ1) is 39.0. The Morgan fingerprint density at radius 2 is 1.05 bits per heavy atom.